The van der Waals surface area contributed by atoms with Crippen molar-refractivity contribution >= 4 is 5.97 Å². The molecule has 0 radical (unpaired) electrons. The average molecular weight is 128 g/mol. The first-order valence-corrected chi connectivity index (χ1v) is 3.07. The summed E-state index contributed by atoms with van der Waals surface area (Å²) in [7, 11) is 0. The summed E-state index contributed by atoms with van der Waals surface area (Å²) in [6.07, 6.45) is 0.836. The van der Waals surface area contributed by atoms with Crippen molar-refractivity contribution in [2.24, 2.45) is 11.3 Å². The molecule has 3 heteroatoms. The summed E-state index contributed by atoms with van der Waals surface area (Å²) in [5.74, 6) is -0.347. The van der Waals surface area contributed by atoms with E-state index in [0.717, 1.165) is 6.42 Å². The van der Waals surface area contributed by atoms with Crippen LogP contribution in [0, 0.1) is 11.3 Å². The molecular formula is C6H8O3. The van der Waals surface area contributed by atoms with Gasteiger partial charge in [-0.15, -0.1) is 0 Å². The lowest BCUT2D eigenvalue weighted by atomic mass is 10.1. The number of hydrogen-bond donors (Lipinski definition) is 1. The second-order valence-electron chi connectivity index (χ2n) is 2.88. The average Bonchev–Trinajstić information content (AvgIpc) is 2.38. The Balaban J connectivity index is 2.19. The quantitative estimate of drug-likeness (QED) is 0.545. The highest BCUT2D eigenvalue weighted by Gasteiger charge is 2.64. The molecule has 0 aromatic carbocycles. The van der Waals surface area contributed by atoms with Gasteiger partial charge >= 0.3 is 5.97 Å². The summed E-state index contributed by atoms with van der Waals surface area (Å²) in [5.41, 5.74) is -0.444. The monoisotopic (exact) mass is 128 g/mol. The molecule has 0 aromatic heterocycles. The Hall–Kier alpha value is -0.570. The highest BCUT2D eigenvalue weighted by Crippen LogP contribution is 2.56. The van der Waals surface area contributed by atoms with Gasteiger partial charge in [0.1, 0.15) is 0 Å². The summed E-state index contributed by atoms with van der Waals surface area (Å²) in [5, 5.41) is 8.63. The number of carbonyl (C=O) groups is 1. The SMILES string of the molecule is O=C(O)[C@@]12COC[C@H]1C2. The molecular weight excluding hydrogens is 120 g/mol. The van der Waals surface area contributed by atoms with Crippen molar-refractivity contribution in [1.82, 2.24) is 0 Å². The van der Waals surface area contributed by atoms with E-state index in [-0.39, 0.29) is 0 Å². The van der Waals surface area contributed by atoms with Crippen LogP contribution < -0.4 is 0 Å². The van der Waals surface area contributed by atoms with Crippen LogP contribution in [0.3, 0.4) is 0 Å². The minimum absolute atomic E-state index is 0.329. The van der Waals surface area contributed by atoms with Gasteiger partial charge in [0.25, 0.3) is 0 Å². The van der Waals surface area contributed by atoms with Crippen LogP contribution in [0.25, 0.3) is 0 Å². The minimum Gasteiger partial charge on any atom is -0.481 e. The Kier molecular flexibility index (Phi) is 0.750. The van der Waals surface area contributed by atoms with E-state index >= 15 is 0 Å². The zero-order valence-corrected chi connectivity index (χ0v) is 4.96. The Morgan fingerprint density at radius 1 is 1.78 bits per heavy atom. The van der Waals surface area contributed by atoms with Gasteiger partial charge in [-0.05, 0) is 6.42 Å². The molecule has 2 atom stereocenters. The fourth-order valence-electron chi connectivity index (χ4n) is 1.48. The van der Waals surface area contributed by atoms with Gasteiger partial charge in [-0.1, -0.05) is 0 Å². The molecule has 1 heterocycles. The van der Waals surface area contributed by atoms with Crippen molar-refractivity contribution in [2.45, 2.75) is 6.42 Å². The highest BCUT2D eigenvalue weighted by molar-refractivity contribution is 5.79. The molecule has 0 aromatic rings. The largest absolute Gasteiger partial charge is 0.481 e. The molecule has 2 aliphatic rings. The number of aliphatic carboxylic acids is 1. The number of ether oxygens (including phenoxy) is 1. The Bertz CT molecular complexity index is 166. The molecule has 0 bridgehead atoms. The number of fused-ring (bicyclic) bond motifs is 1. The van der Waals surface area contributed by atoms with Crippen LogP contribution in [0.1, 0.15) is 6.42 Å². The molecule has 1 saturated carbocycles. The van der Waals surface area contributed by atoms with Crippen LogP contribution >= 0.6 is 0 Å². The summed E-state index contributed by atoms with van der Waals surface area (Å²) in [4.78, 5) is 10.5. The molecule has 1 aliphatic carbocycles. The molecule has 50 valence electrons. The standard InChI is InChI=1S/C6H8O3/c7-5(8)6-1-4(6)2-9-3-6/h4H,1-3H2,(H,7,8)/t4-,6+/m1/s1. The third kappa shape index (κ3) is 0.477. The smallest absolute Gasteiger partial charge is 0.312 e. The fourth-order valence-corrected chi connectivity index (χ4v) is 1.48. The normalized spacial score (nSPS) is 46.4. The molecule has 9 heavy (non-hydrogen) atoms. The molecule has 3 nitrogen and oxygen atoms in total. The first-order chi connectivity index (χ1) is 4.26. The first-order valence-electron chi connectivity index (χ1n) is 3.07. The second-order valence-corrected chi connectivity index (χ2v) is 2.88. The van der Waals surface area contributed by atoms with Crippen LogP contribution in [-0.4, -0.2) is 24.3 Å². The maximum Gasteiger partial charge on any atom is 0.312 e. The van der Waals surface area contributed by atoms with Gasteiger partial charge in [-0.25, -0.2) is 0 Å². The molecule has 1 N–H and O–H groups in total. The lowest BCUT2D eigenvalue weighted by Crippen LogP contribution is -2.18. The van der Waals surface area contributed by atoms with Crippen molar-refractivity contribution in [3.8, 4) is 0 Å². The van der Waals surface area contributed by atoms with Gasteiger partial charge in [0, 0.05) is 5.92 Å². The predicted molar refractivity (Wildman–Crippen MR) is 29.0 cm³/mol. The van der Waals surface area contributed by atoms with E-state index in [4.69, 9.17) is 9.84 Å². The maximum atomic E-state index is 10.5. The van der Waals surface area contributed by atoms with Crippen LogP contribution in [0.5, 0.6) is 0 Å². The molecule has 1 aliphatic heterocycles. The molecule has 2 fully saturated rings. The number of rotatable bonds is 1. The van der Waals surface area contributed by atoms with Crippen LogP contribution in [0.2, 0.25) is 0 Å². The third-order valence-electron chi connectivity index (χ3n) is 2.34. The Morgan fingerprint density at radius 3 is 2.78 bits per heavy atom. The predicted octanol–water partition coefficient (Wildman–Crippen LogP) is 0.108. The van der Waals surface area contributed by atoms with Gasteiger partial charge in [0.2, 0.25) is 0 Å². The van der Waals surface area contributed by atoms with Gasteiger partial charge in [0.05, 0.1) is 18.6 Å². The number of carboxylic acid groups (broad SMARTS) is 1. The lowest BCUT2D eigenvalue weighted by molar-refractivity contribution is -0.144. The fraction of sp³-hybridized carbons (Fsp3) is 0.833. The van der Waals surface area contributed by atoms with E-state index in [1.54, 1.807) is 0 Å². The molecule has 0 unspecified atom stereocenters. The van der Waals surface area contributed by atoms with Gasteiger partial charge in [-0.2, -0.15) is 0 Å². The summed E-state index contributed by atoms with van der Waals surface area (Å²) in [6, 6.07) is 0. The van der Waals surface area contributed by atoms with Crippen LogP contribution in [0.4, 0.5) is 0 Å². The van der Waals surface area contributed by atoms with Crippen LogP contribution in [-0.2, 0) is 9.53 Å². The summed E-state index contributed by atoms with van der Waals surface area (Å²) < 4.78 is 4.99. The van der Waals surface area contributed by atoms with E-state index in [1.165, 1.54) is 0 Å². The molecule has 0 spiro atoms. The van der Waals surface area contributed by atoms with E-state index in [9.17, 15) is 4.79 Å². The van der Waals surface area contributed by atoms with Crippen molar-refractivity contribution in [1.29, 1.82) is 0 Å². The summed E-state index contributed by atoms with van der Waals surface area (Å²) >= 11 is 0. The topological polar surface area (TPSA) is 46.5 Å². The van der Waals surface area contributed by atoms with Crippen molar-refractivity contribution < 1.29 is 14.6 Å². The van der Waals surface area contributed by atoms with Gasteiger partial charge in [-0.3, -0.25) is 4.79 Å². The Morgan fingerprint density at radius 2 is 2.56 bits per heavy atom. The maximum absolute atomic E-state index is 10.5. The number of hydrogen-bond acceptors (Lipinski definition) is 2. The number of carboxylic acids is 1. The lowest BCUT2D eigenvalue weighted by Gasteiger charge is -2.00. The third-order valence-corrected chi connectivity index (χ3v) is 2.34. The van der Waals surface area contributed by atoms with Gasteiger partial charge in [0.15, 0.2) is 0 Å². The highest BCUT2D eigenvalue weighted by atomic mass is 16.5. The van der Waals surface area contributed by atoms with E-state index in [2.05, 4.69) is 0 Å². The molecule has 1 saturated heterocycles. The van der Waals surface area contributed by atoms with Crippen molar-refractivity contribution in [2.75, 3.05) is 13.2 Å². The summed E-state index contributed by atoms with van der Waals surface area (Å²) in [6.45, 7) is 1.10. The first kappa shape index (κ1) is 5.23. The molecule has 2 rings (SSSR count). The van der Waals surface area contributed by atoms with Crippen LogP contribution in [0.15, 0.2) is 0 Å². The van der Waals surface area contributed by atoms with E-state index < -0.39 is 11.4 Å². The zero-order valence-electron chi connectivity index (χ0n) is 4.96. The van der Waals surface area contributed by atoms with E-state index in [0.29, 0.717) is 19.1 Å². The molecule has 0 amide bonds. The van der Waals surface area contributed by atoms with Gasteiger partial charge < -0.3 is 9.84 Å². The van der Waals surface area contributed by atoms with Crippen molar-refractivity contribution in [3.05, 3.63) is 0 Å². The Labute approximate surface area is 52.6 Å². The zero-order chi connectivity index (χ0) is 6.48. The van der Waals surface area contributed by atoms with E-state index in [1.807, 2.05) is 0 Å². The van der Waals surface area contributed by atoms with Crippen molar-refractivity contribution in [3.63, 3.8) is 0 Å². The minimum atomic E-state index is -0.676. The second kappa shape index (κ2) is 1.29.